The lowest BCUT2D eigenvalue weighted by Crippen LogP contribution is -2.49. The Hall–Kier alpha value is -2.28. The summed E-state index contributed by atoms with van der Waals surface area (Å²) in [6.07, 6.45) is 0.258. The van der Waals surface area contributed by atoms with E-state index in [1.165, 1.54) is 4.90 Å². The van der Waals surface area contributed by atoms with Gasteiger partial charge in [-0.1, -0.05) is 6.92 Å². The monoisotopic (exact) mass is 309 g/mol. The molecule has 1 aromatic carbocycles. The molecule has 0 spiro atoms. The average molecular weight is 309 g/mol. The molecule has 0 radical (unpaired) electrons. The van der Waals surface area contributed by atoms with Crippen molar-refractivity contribution < 1.29 is 29.3 Å². The predicted octanol–water partition coefficient (Wildman–Crippen LogP) is 1.17. The molecule has 2 rings (SSSR count). The first-order valence-corrected chi connectivity index (χ1v) is 7.11. The summed E-state index contributed by atoms with van der Waals surface area (Å²) in [6.45, 7) is 3.39. The number of ether oxygens (including phenoxy) is 2. The minimum Gasteiger partial charge on any atom is -0.490 e. The van der Waals surface area contributed by atoms with Crippen molar-refractivity contribution in [3.8, 4) is 11.5 Å². The van der Waals surface area contributed by atoms with Crippen LogP contribution in [0.2, 0.25) is 0 Å². The number of hydrogen-bond donors (Lipinski definition) is 2. The van der Waals surface area contributed by atoms with Crippen LogP contribution < -0.4 is 14.4 Å². The molecule has 0 fully saturated rings. The van der Waals surface area contributed by atoms with E-state index in [0.717, 1.165) is 0 Å². The number of hydrogen-bond acceptors (Lipinski definition) is 5. The van der Waals surface area contributed by atoms with Crippen molar-refractivity contribution in [2.75, 3.05) is 18.1 Å². The van der Waals surface area contributed by atoms with Gasteiger partial charge in [-0.2, -0.15) is 0 Å². The number of carbonyl (C=O) groups is 2. The highest BCUT2D eigenvalue weighted by Gasteiger charge is 2.36. The first-order chi connectivity index (χ1) is 10.5. The number of benzene rings is 1. The highest BCUT2D eigenvalue weighted by Crippen LogP contribution is 2.42. The molecule has 1 aliphatic rings. The molecule has 1 heterocycles. The summed E-state index contributed by atoms with van der Waals surface area (Å²) in [7, 11) is 0. The number of carboxylic acid groups (broad SMARTS) is 1. The van der Waals surface area contributed by atoms with E-state index in [1.807, 2.05) is 0 Å². The zero-order valence-electron chi connectivity index (χ0n) is 12.5. The van der Waals surface area contributed by atoms with Crippen molar-refractivity contribution in [2.45, 2.75) is 32.9 Å². The van der Waals surface area contributed by atoms with E-state index in [4.69, 9.17) is 9.47 Å². The van der Waals surface area contributed by atoms with E-state index in [9.17, 15) is 19.8 Å². The summed E-state index contributed by atoms with van der Waals surface area (Å²) < 4.78 is 10.9. The molecular formula is C15H19NO6. The van der Waals surface area contributed by atoms with Gasteiger partial charge in [0.15, 0.2) is 18.1 Å². The van der Waals surface area contributed by atoms with Crippen LogP contribution in [0.1, 0.15) is 25.8 Å². The highest BCUT2D eigenvalue weighted by atomic mass is 16.5. The third kappa shape index (κ3) is 2.85. The summed E-state index contributed by atoms with van der Waals surface area (Å²) in [5, 5.41) is 18.7. The molecule has 22 heavy (non-hydrogen) atoms. The maximum absolute atomic E-state index is 12.2. The van der Waals surface area contributed by atoms with Gasteiger partial charge >= 0.3 is 5.97 Å². The minimum atomic E-state index is -1.09. The first kappa shape index (κ1) is 16.1. The van der Waals surface area contributed by atoms with Crippen LogP contribution in [0, 0.1) is 0 Å². The van der Waals surface area contributed by atoms with Gasteiger partial charge in [0, 0.05) is 0 Å². The Kier molecular flexibility index (Phi) is 4.87. The molecule has 0 aromatic heterocycles. The van der Waals surface area contributed by atoms with Crippen molar-refractivity contribution in [1.29, 1.82) is 0 Å². The molecule has 2 N–H and O–H groups in total. The molecule has 1 aromatic rings. The topological polar surface area (TPSA) is 96.3 Å². The van der Waals surface area contributed by atoms with E-state index in [-0.39, 0.29) is 19.6 Å². The maximum atomic E-state index is 12.2. The van der Waals surface area contributed by atoms with Crippen LogP contribution in [0.25, 0.3) is 0 Å². The van der Waals surface area contributed by atoms with E-state index >= 15 is 0 Å². The van der Waals surface area contributed by atoms with Gasteiger partial charge in [0.1, 0.15) is 6.04 Å². The summed E-state index contributed by atoms with van der Waals surface area (Å²) in [5.74, 6) is -0.796. The summed E-state index contributed by atoms with van der Waals surface area (Å²) >= 11 is 0. The van der Waals surface area contributed by atoms with Crippen LogP contribution in [0.4, 0.5) is 5.69 Å². The molecule has 1 amide bonds. The van der Waals surface area contributed by atoms with Gasteiger partial charge < -0.3 is 19.7 Å². The van der Waals surface area contributed by atoms with Crippen molar-refractivity contribution in [2.24, 2.45) is 0 Å². The smallest absolute Gasteiger partial charge is 0.326 e. The lowest BCUT2D eigenvalue weighted by Gasteiger charge is -2.34. The number of aliphatic hydroxyl groups is 1. The van der Waals surface area contributed by atoms with Gasteiger partial charge in [0.25, 0.3) is 5.91 Å². The molecule has 0 aliphatic carbocycles. The lowest BCUT2D eigenvalue weighted by atomic mass is 10.1. The molecule has 1 unspecified atom stereocenters. The largest absolute Gasteiger partial charge is 0.490 e. The normalized spacial score (nSPS) is 15.0. The van der Waals surface area contributed by atoms with Crippen molar-refractivity contribution in [3.63, 3.8) is 0 Å². The minimum absolute atomic E-state index is 0.241. The summed E-state index contributed by atoms with van der Waals surface area (Å²) in [5.41, 5.74) is 0.839. The third-order valence-corrected chi connectivity index (χ3v) is 3.43. The number of rotatable bonds is 6. The van der Waals surface area contributed by atoms with Crippen LogP contribution in [0.5, 0.6) is 11.5 Å². The quantitative estimate of drug-likeness (QED) is 0.819. The Labute approximate surface area is 128 Å². The van der Waals surface area contributed by atoms with Gasteiger partial charge in [-0.05, 0) is 31.0 Å². The Morgan fingerprint density at radius 3 is 2.73 bits per heavy atom. The fourth-order valence-electron chi connectivity index (χ4n) is 2.47. The zero-order chi connectivity index (χ0) is 16.3. The Morgan fingerprint density at radius 1 is 1.45 bits per heavy atom. The number of carboxylic acids is 1. The second kappa shape index (κ2) is 6.65. The summed E-state index contributed by atoms with van der Waals surface area (Å²) in [4.78, 5) is 24.8. The fourth-order valence-corrected chi connectivity index (χ4v) is 2.47. The molecular weight excluding hydrogens is 290 g/mol. The molecule has 1 aliphatic heterocycles. The zero-order valence-corrected chi connectivity index (χ0v) is 12.5. The lowest BCUT2D eigenvalue weighted by molar-refractivity contribution is -0.140. The van der Waals surface area contributed by atoms with Crippen molar-refractivity contribution in [1.82, 2.24) is 0 Å². The molecule has 7 heteroatoms. The Bertz CT molecular complexity index is 586. The van der Waals surface area contributed by atoms with Gasteiger partial charge in [-0.25, -0.2) is 4.79 Å². The molecule has 0 saturated carbocycles. The summed E-state index contributed by atoms with van der Waals surface area (Å²) in [6, 6.07) is 2.19. The van der Waals surface area contributed by atoms with Crippen LogP contribution in [0.3, 0.4) is 0 Å². The first-order valence-electron chi connectivity index (χ1n) is 7.11. The molecule has 1 atom stereocenters. The van der Waals surface area contributed by atoms with Crippen LogP contribution in [0.15, 0.2) is 12.1 Å². The number of anilines is 1. The van der Waals surface area contributed by atoms with Crippen LogP contribution in [-0.4, -0.2) is 41.3 Å². The molecule has 7 nitrogen and oxygen atoms in total. The van der Waals surface area contributed by atoms with E-state index < -0.39 is 17.9 Å². The van der Waals surface area contributed by atoms with Crippen LogP contribution in [-0.2, 0) is 16.2 Å². The number of carbonyl (C=O) groups excluding carboxylic acids is 1. The second-order valence-corrected chi connectivity index (χ2v) is 4.85. The number of aliphatic carboxylic acids is 1. The number of nitrogens with zero attached hydrogens (tertiary/aromatic N) is 1. The SMILES string of the molecule is CCOc1cc(CO)cc2c1OCC(=O)N2C(CC)C(=O)O. The third-order valence-electron chi connectivity index (χ3n) is 3.43. The standard InChI is InChI=1S/C15H19NO6/c1-3-10(15(19)20)16-11-5-9(7-17)6-12(21-4-2)14(11)22-8-13(16)18/h5-6,10,17H,3-4,7-8H2,1-2H3,(H,19,20). The number of fused-ring (bicyclic) bond motifs is 1. The van der Waals surface area contributed by atoms with Crippen LogP contribution >= 0.6 is 0 Å². The number of aliphatic hydroxyl groups excluding tert-OH is 1. The Balaban J connectivity index is 2.59. The number of amides is 1. The van der Waals surface area contributed by atoms with E-state index in [2.05, 4.69) is 0 Å². The highest BCUT2D eigenvalue weighted by molar-refractivity contribution is 6.03. The fraction of sp³-hybridized carbons (Fsp3) is 0.467. The predicted molar refractivity (Wildman–Crippen MR) is 78.2 cm³/mol. The van der Waals surface area contributed by atoms with Gasteiger partial charge in [0.2, 0.25) is 0 Å². The van der Waals surface area contributed by atoms with Crippen molar-refractivity contribution in [3.05, 3.63) is 17.7 Å². The van der Waals surface area contributed by atoms with Gasteiger partial charge in [0.05, 0.1) is 18.9 Å². The van der Waals surface area contributed by atoms with Gasteiger partial charge in [-0.3, -0.25) is 9.69 Å². The molecule has 120 valence electrons. The van der Waals surface area contributed by atoms with E-state index in [0.29, 0.717) is 29.4 Å². The maximum Gasteiger partial charge on any atom is 0.326 e. The average Bonchev–Trinajstić information content (AvgIpc) is 2.49. The Morgan fingerprint density at radius 2 is 2.18 bits per heavy atom. The van der Waals surface area contributed by atoms with E-state index in [1.54, 1.807) is 26.0 Å². The van der Waals surface area contributed by atoms with Gasteiger partial charge in [-0.15, -0.1) is 0 Å². The second-order valence-electron chi connectivity index (χ2n) is 4.85. The molecule has 0 saturated heterocycles. The molecule has 0 bridgehead atoms. The van der Waals surface area contributed by atoms with Crippen molar-refractivity contribution >= 4 is 17.6 Å².